The summed E-state index contributed by atoms with van der Waals surface area (Å²) in [6.45, 7) is 0. The van der Waals surface area contributed by atoms with Gasteiger partial charge >= 0.3 is 0 Å². The molecule has 1 heterocycles. The van der Waals surface area contributed by atoms with Crippen LogP contribution in [0.25, 0.3) is 0 Å². The van der Waals surface area contributed by atoms with Crippen molar-refractivity contribution in [3.8, 4) is 0 Å². The van der Waals surface area contributed by atoms with Crippen LogP contribution >= 0.6 is 22.6 Å². The van der Waals surface area contributed by atoms with Crippen LogP contribution in [0.2, 0.25) is 0 Å². The lowest BCUT2D eigenvalue weighted by Gasteiger charge is -2.19. The predicted molar refractivity (Wildman–Crippen MR) is 65.9 cm³/mol. The molecule has 0 N–H and O–H groups in total. The first kappa shape index (κ1) is 10.9. The van der Waals surface area contributed by atoms with Crippen LogP contribution in [0.3, 0.4) is 0 Å². The van der Waals surface area contributed by atoms with E-state index in [4.69, 9.17) is 4.84 Å². The number of hydrogen-bond acceptors (Lipinski definition) is 2. The monoisotopic (exact) mass is 319 g/mol. The number of halogens is 2. The van der Waals surface area contributed by atoms with Crippen LogP contribution in [0.4, 0.5) is 4.39 Å². The first-order valence-corrected chi connectivity index (χ1v) is 6.37. The van der Waals surface area contributed by atoms with Gasteiger partial charge in [-0.3, -0.25) is 0 Å². The molecule has 0 aliphatic carbocycles. The summed E-state index contributed by atoms with van der Waals surface area (Å²) in [6, 6.07) is 6.37. The number of alkyl halides is 1. The van der Waals surface area contributed by atoms with Gasteiger partial charge in [0.1, 0.15) is 11.9 Å². The summed E-state index contributed by atoms with van der Waals surface area (Å²) in [5.74, 6) is -0.221. The van der Waals surface area contributed by atoms with Crippen molar-refractivity contribution >= 4 is 28.3 Å². The third-order valence-electron chi connectivity index (χ3n) is 2.36. The summed E-state index contributed by atoms with van der Waals surface area (Å²) in [5, 5.41) is 4.07. The molecule has 4 heteroatoms. The van der Waals surface area contributed by atoms with Crippen molar-refractivity contribution in [3.05, 3.63) is 35.6 Å². The van der Waals surface area contributed by atoms with Crippen LogP contribution in [-0.2, 0) is 4.84 Å². The lowest BCUT2D eigenvalue weighted by molar-refractivity contribution is 0.0626. The average Bonchev–Trinajstić information content (AvgIpc) is 2.30. The molecule has 1 aliphatic rings. The van der Waals surface area contributed by atoms with Gasteiger partial charge in [-0.05, 0) is 30.5 Å². The van der Waals surface area contributed by atoms with E-state index in [0.717, 1.165) is 28.5 Å². The Balaban J connectivity index is 2.12. The second-order valence-electron chi connectivity index (χ2n) is 3.47. The summed E-state index contributed by atoms with van der Waals surface area (Å²) in [4.78, 5) is 5.31. The largest absolute Gasteiger partial charge is 0.391 e. The van der Waals surface area contributed by atoms with E-state index in [1.165, 1.54) is 12.1 Å². The second-order valence-corrected chi connectivity index (χ2v) is 4.35. The highest BCUT2D eigenvalue weighted by molar-refractivity contribution is 14.1. The molecule has 0 aromatic heterocycles. The molecular formula is C11H11FINO. The molecule has 1 aromatic carbocycles. The molecule has 0 radical (unpaired) electrons. The summed E-state index contributed by atoms with van der Waals surface area (Å²) < 4.78 is 13.7. The number of nitrogens with zero attached hydrogens (tertiary/aromatic N) is 1. The highest BCUT2D eigenvalue weighted by Crippen LogP contribution is 2.18. The van der Waals surface area contributed by atoms with E-state index in [2.05, 4.69) is 27.7 Å². The standard InChI is InChI=1S/C11H11FINO/c12-9-3-1-8(2-4-9)11-6-5-10(7-13)15-14-11/h1-4,10H,5-7H2. The van der Waals surface area contributed by atoms with Gasteiger partial charge in [-0.25, -0.2) is 4.39 Å². The Morgan fingerprint density at radius 1 is 1.40 bits per heavy atom. The Hall–Kier alpha value is -0.650. The zero-order valence-electron chi connectivity index (χ0n) is 8.12. The molecule has 0 amide bonds. The molecule has 0 fully saturated rings. The number of rotatable bonds is 2. The molecule has 2 rings (SSSR count). The minimum atomic E-state index is -0.221. The van der Waals surface area contributed by atoms with E-state index in [0.29, 0.717) is 0 Å². The van der Waals surface area contributed by atoms with E-state index >= 15 is 0 Å². The maximum Gasteiger partial charge on any atom is 0.136 e. The quantitative estimate of drug-likeness (QED) is 0.606. The van der Waals surface area contributed by atoms with Crippen LogP contribution in [0.1, 0.15) is 18.4 Å². The molecule has 0 saturated carbocycles. The summed E-state index contributed by atoms with van der Waals surface area (Å²) >= 11 is 2.29. The molecule has 80 valence electrons. The van der Waals surface area contributed by atoms with Gasteiger partial charge in [0.2, 0.25) is 0 Å². The van der Waals surface area contributed by atoms with Gasteiger partial charge in [0.15, 0.2) is 0 Å². The SMILES string of the molecule is Fc1ccc(C2=NOC(CI)CC2)cc1. The Morgan fingerprint density at radius 2 is 2.13 bits per heavy atom. The van der Waals surface area contributed by atoms with Gasteiger partial charge in [-0.15, -0.1) is 0 Å². The van der Waals surface area contributed by atoms with E-state index < -0.39 is 0 Å². The fourth-order valence-electron chi connectivity index (χ4n) is 1.48. The zero-order chi connectivity index (χ0) is 10.7. The fourth-order valence-corrected chi connectivity index (χ4v) is 2.08. The summed E-state index contributed by atoms with van der Waals surface area (Å²) in [7, 11) is 0. The molecule has 0 spiro atoms. The minimum absolute atomic E-state index is 0.221. The first-order chi connectivity index (χ1) is 7.29. The van der Waals surface area contributed by atoms with Crippen molar-refractivity contribution in [2.45, 2.75) is 18.9 Å². The van der Waals surface area contributed by atoms with E-state index in [9.17, 15) is 4.39 Å². The van der Waals surface area contributed by atoms with Gasteiger partial charge in [-0.2, -0.15) is 0 Å². The topological polar surface area (TPSA) is 21.6 Å². The summed E-state index contributed by atoms with van der Waals surface area (Å²) in [6.07, 6.45) is 2.12. The lowest BCUT2D eigenvalue weighted by atomic mass is 10.0. The van der Waals surface area contributed by atoms with Gasteiger partial charge in [0.25, 0.3) is 0 Å². The second kappa shape index (κ2) is 4.92. The Kier molecular flexibility index (Phi) is 3.56. The number of benzene rings is 1. The fraction of sp³-hybridized carbons (Fsp3) is 0.364. The van der Waals surface area contributed by atoms with Crippen molar-refractivity contribution < 1.29 is 9.23 Å². The smallest absolute Gasteiger partial charge is 0.136 e. The lowest BCUT2D eigenvalue weighted by Crippen LogP contribution is -2.20. The van der Waals surface area contributed by atoms with Gasteiger partial charge in [0, 0.05) is 4.43 Å². The van der Waals surface area contributed by atoms with Gasteiger partial charge < -0.3 is 4.84 Å². The van der Waals surface area contributed by atoms with Crippen LogP contribution in [0.15, 0.2) is 29.4 Å². The van der Waals surface area contributed by atoms with E-state index in [1.807, 2.05) is 0 Å². The zero-order valence-corrected chi connectivity index (χ0v) is 10.3. The van der Waals surface area contributed by atoms with E-state index in [1.54, 1.807) is 12.1 Å². The van der Waals surface area contributed by atoms with Gasteiger partial charge in [-0.1, -0.05) is 39.9 Å². The predicted octanol–water partition coefficient (Wildman–Crippen LogP) is 3.14. The molecule has 1 atom stereocenters. The Labute approximate surface area is 102 Å². The van der Waals surface area contributed by atoms with Crippen LogP contribution in [-0.4, -0.2) is 16.2 Å². The van der Waals surface area contributed by atoms with Gasteiger partial charge in [0.05, 0.1) is 5.71 Å². The molecule has 2 nitrogen and oxygen atoms in total. The van der Waals surface area contributed by atoms with Crippen molar-refractivity contribution in [3.63, 3.8) is 0 Å². The molecule has 1 unspecified atom stereocenters. The van der Waals surface area contributed by atoms with Crippen molar-refractivity contribution in [2.24, 2.45) is 5.16 Å². The Bertz CT molecular complexity index is 363. The molecular weight excluding hydrogens is 308 g/mol. The van der Waals surface area contributed by atoms with Crippen molar-refractivity contribution in [2.75, 3.05) is 4.43 Å². The molecule has 1 aromatic rings. The van der Waals surface area contributed by atoms with Crippen LogP contribution in [0.5, 0.6) is 0 Å². The molecule has 15 heavy (non-hydrogen) atoms. The minimum Gasteiger partial charge on any atom is -0.391 e. The van der Waals surface area contributed by atoms with Crippen molar-refractivity contribution in [1.82, 2.24) is 0 Å². The molecule has 0 saturated heterocycles. The highest BCUT2D eigenvalue weighted by Gasteiger charge is 2.17. The van der Waals surface area contributed by atoms with Crippen LogP contribution in [0, 0.1) is 5.82 Å². The molecule has 1 aliphatic heterocycles. The third kappa shape index (κ3) is 2.68. The third-order valence-corrected chi connectivity index (χ3v) is 3.35. The number of hydrogen-bond donors (Lipinski definition) is 0. The van der Waals surface area contributed by atoms with Crippen molar-refractivity contribution in [1.29, 1.82) is 0 Å². The Morgan fingerprint density at radius 3 is 2.67 bits per heavy atom. The number of oxime groups is 1. The normalized spacial score (nSPS) is 20.7. The highest BCUT2D eigenvalue weighted by atomic mass is 127. The average molecular weight is 319 g/mol. The first-order valence-electron chi connectivity index (χ1n) is 4.84. The van der Waals surface area contributed by atoms with Crippen LogP contribution < -0.4 is 0 Å². The molecule has 0 bridgehead atoms. The summed E-state index contributed by atoms with van der Waals surface area (Å²) in [5.41, 5.74) is 1.86. The maximum atomic E-state index is 12.7. The van der Waals surface area contributed by atoms with E-state index in [-0.39, 0.29) is 11.9 Å². The maximum absolute atomic E-state index is 12.7.